The third-order valence-electron chi connectivity index (χ3n) is 2.27. The summed E-state index contributed by atoms with van der Waals surface area (Å²) in [5, 5.41) is 8.49. The number of ether oxygens (including phenoxy) is 2. The van der Waals surface area contributed by atoms with Crippen molar-refractivity contribution in [3.8, 4) is 11.8 Å². The second-order valence-corrected chi connectivity index (χ2v) is 3.83. The molecule has 1 aromatic carbocycles. The molecule has 0 aliphatic carbocycles. The monoisotopic (exact) mass is 219 g/mol. The van der Waals surface area contributed by atoms with Gasteiger partial charge < -0.3 is 9.47 Å². The van der Waals surface area contributed by atoms with Gasteiger partial charge in [0.1, 0.15) is 5.75 Å². The molecular weight excluding hydrogens is 202 g/mol. The third-order valence-corrected chi connectivity index (χ3v) is 2.27. The SMILES string of the molecule is COc1ccc(COC[C@H](C)CC#N)cc1. The van der Waals surface area contributed by atoms with Crippen molar-refractivity contribution < 1.29 is 9.47 Å². The van der Waals surface area contributed by atoms with Crippen LogP contribution < -0.4 is 4.74 Å². The molecule has 3 heteroatoms. The Morgan fingerprint density at radius 2 is 2.00 bits per heavy atom. The summed E-state index contributed by atoms with van der Waals surface area (Å²) in [5.74, 6) is 1.14. The summed E-state index contributed by atoms with van der Waals surface area (Å²) < 4.78 is 10.6. The smallest absolute Gasteiger partial charge is 0.118 e. The van der Waals surface area contributed by atoms with Crippen LogP contribution in [-0.2, 0) is 11.3 Å². The fraction of sp³-hybridized carbons (Fsp3) is 0.462. The molecule has 1 atom stereocenters. The van der Waals surface area contributed by atoms with E-state index in [-0.39, 0.29) is 0 Å². The third kappa shape index (κ3) is 4.33. The number of hydrogen-bond donors (Lipinski definition) is 0. The van der Waals surface area contributed by atoms with Crippen LogP contribution >= 0.6 is 0 Å². The van der Waals surface area contributed by atoms with Gasteiger partial charge in [-0.15, -0.1) is 0 Å². The highest BCUT2D eigenvalue weighted by Crippen LogP contribution is 2.12. The molecule has 0 bridgehead atoms. The molecule has 0 aliphatic rings. The predicted molar refractivity (Wildman–Crippen MR) is 62.0 cm³/mol. The van der Waals surface area contributed by atoms with E-state index in [1.165, 1.54) is 0 Å². The molecule has 0 aromatic heterocycles. The fourth-order valence-electron chi connectivity index (χ4n) is 1.31. The molecule has 0 N–H and O–H groups in total. The van der Waals surface area contributed by atoms with Crippen molar-refractivity contribution in [2.75, 3.05) is 13.7 Å². The first-order chi connectivity index (χ1) is 7.76. The van der Waals surface area contributed by atoms with Gasteiger partial charge in [-0.25, -0.2) is 0 Å². The van der Waals surface area contributed by atoms with Crippen LogP contribution in [0.1, 0.15) is 18.9 Å². The lowest BCUT2D eigenvalue weighted by Crippen LogP contribution is -2.05. The van der Waals surface area contributed by atoms with E-state index in [1.807, 2.05) is 31.2 Å². The maximum atomic E-state index is 8.49. The zero-order valence-corrected chi connectivity index (χ0v) is 9.77. The van der Waals surface area contributed by atoms with E-state index in [1.54, 1.807) is 7.11 Å². The van der Waals surface area contributed by atoms with Crippen LogP contribution in [0, 0.1) is 17.2 Å². The van der Waals surface area contributed by atoms with E-state index >= 15 is 0 Å². The molecule has 1 rings (SSSR count). The average Bonchev–Trinajstić information content (AvgIpc) is 2.30. The second kappa shape index (κ2) is 6.86. The van der Waals surface area contributed by atoms with Crippen molar-refractivity contribution in [3.05, 3.63) is 29.8 Å². The summed E-state index contributed by atoms with van der Waals surface area (Å²) in [4.78, 5) is 0. The topological polar surface area (TPSA) is 42.2 Å². The largest absolute Gasteiger partial charge is 0.497 e. The van der Waals surface area contributed by atoms with E-state index in [4.69, 9.17) is 14.7 Å². The summed E-state index contributed by atoms with van der Waals surface area (Å²) in [7, 11) is 1.65. The molecule has 86 valence electrons. The maximum absolute atomic E-state index is 8.49. The molecular formula is C13H17NO2. The number of nitrogens with zero attached hydrogens (tertiary/aromatic N) is 1. The Morgan fingerprint density at radius 1 is 1.31 bits per heavy atom. The highest BCUT2D eigenvalue weighted by molar-refractivity contribution is 5.26. The van der Waals surface area contributed by atoms with E-state index in [2.05, 4.69) is 6.07 Å². The van der Waals surface area contributed by atoms with Crippen LogP contribution in [0.3, 0.4) is 0 Å². The van der Waals surface area contributed by atoms with Crippen molar-refractivity contribution in [1.29, 1.82) is 5.26 Å². The first-order valence-corrected chi connectivity index (χ1v) is 5.34. The maximum Gasteiger partial charge on any atom is 0.118 e. The summed E-state index contributed by atoms with van der Waals surface area (Å²) in [6, 6.07) is 9.92. The van der Waals surface area contributed by atoms with E-state index < -0.39 is 0 Å². The number of hydrogen-bond acceptors (Lipinski definition) is 3. The van der Waals surface area contributed by atoms with E-state index in [0.717, 1.165) is 11.3 Å². The Bertz CT molecular complexity index is 340. The summed E-state index contributed by atoms with van der Waals surface area (Å²) in [5.41, 5.74) is 1.12. The zero-order chi connectivity index (χ0) is 11.8. The van der Waals surface area contributed by atoms with Crippen molar-refractivity contribution >= 4 is 0 Å². The number of methoxy groups -OCH3 is 1. The first kappa shape index (κ1) is 12.5. The normalized spacial score (nSPS) is 11.8. The zero-order valence-electron chi connectivity index (χ0n) is 9.77. The minimum absolute atomic E-state index is 0.295. The average molecular weight is 219 g/mol. The molecule has 0 heterocycles. The van der Waals surface area contributed by atoms with Gasteiger partial charge in [0.05, 0.1) is 26.4 Å². The second-order valence-electron chi connectivity index (χ2n) is 3.83. The lowest BCUT2D eigenvalue weighted by Gasteiger charge is -2.08. The molecule has 3 nitrogen and oxygen atoms in total. The first-order valence-electron chi connectivity index (χ1n) is 5.34. The van der Waals surface area contributed by atoms with Gasteiger partial charge in [-0.3, -0.25) is 0 Å². The van der Waals surface area contributed by atoms with Gasteiger partial charge in [0.2, 0.25) is 0 Å². The Kier molecular flexibility index (Phi) is 5.38. The molecule has 0 fully saturated rings. The minimum atomic E-state index is 0.295. The van der Waals surface area contributed by atoms with Crippen molar-refractivity contribution in [2.24, 2.45) is 5.92 Å². The van der Waals surface area contributed by atoms with Crippen LogP contribution in [0.2, 0.25) is 0 Å². The van der Waals surface area contributed by atoms with Gasteiger partial charge in [0.25, 0.3) is 0 Å². The molecule has 0 amide bonds. The standard InChI is InChI=1S/C13H17NO2/c1-11(7-8-14)9-16-10-12-3-5-13(15-2)6-4-12/h3-6,11H,7,9-10H2,1-2H3/t11-/m1/s1. The predicted octanol–water partition coefficient (Wildman–Crippen LogP) is 2.76. The quantitative estimate of drug-likeness (QED) is 0.738. The highest BCUT2D eigenvalue weighted by atomic mass is 16.5. The fourth-order valence-corrected chi connectivity index (χ4v) is 1.31. The van der Waals surface area contributed by atoms with Gasteiger partial charge in [-0.1, -0.05) is 19.1 Å². The van der Waals surface area contributed by atoms with Crippen LogP contribution in [0.25, 0.3) is 0 Å². The molecule has 0 unspecified atom stereocenters. The van der Waals surface area contributed by atoms with Gasteiger partial charge in [-0.05, 0) is 23.6 Å². The summed E-state index contributed by atoms with van der Waals surface area (Å²) in [6.07, 6.45) is 0.544. The van der Waals surface area contributed by atoms with Gasteiger partial charge in [-0.2, -0.15) is 5.26 Å². The molecule has 0 radical (unpaired) electrons. The van der Waals surface area contributed by atoms with Crippen molar-refractivity contribution in [1.82, 2.24) is 0 Å². The lowest BCUT2D eigenvalue weighted by molar-refractivity contribution is 0.0933. The lowest BCUT2D eigenvalue weighted by atomic mass is 10.1. The Morgan fingerprint density at radius 3 is 2.56 bits per heavy atom. The molecule has 0 saturated heterocycles. The van der Waals surface area contributed by atoms with Crippen LogP contribution in [-0.4, -0.2) is 13.7 Å². The Labute approximate surface area is 96.6 Å². The van der Waals surface area contributed by atoms with Gasteiger partial charge in [0, 0.05) is 6.42 Å². The number of nitriles is 1. The van der Waals surface area contributed by atoms with Crippen LogP contribution in [0.5, 0.6) is 5.75 Å². The van der Waals surface area contributed by atoms with E-state index in [0.29, 0.717) is 25.6 Å². The Balaban J connectivity index is 2.29. The molecule has 0 aliphatic heterocycles. The number of benzene rings is 1. The molecule has 16 heavy (non-hydrogen) atoms. The van der Waals surface area contributed by atoms with Crippen molar-refractivity contribution in [2.45, 2.75) is 20.0 Å². The summed E-state index contributed by atoms with van der Waals surface area (Å²) in [6.45, 7) is 3.22. The number of rotatable bonds is 6. The van der Waals surface area contributed by atoms with Crippen LogP contribution in [0.4, 0.5) is 0 Å². The van der Waals surface area contributed by atoms with Crippen molar-refractivity contribution in [3.63, 3.8) is 0 Å². The molecule has 0 spiro atoms. The van der Waals surface area contributed by atoms with Gasteiger partial charge in [0.15, 0.2) is 0 Å². The van der Waals surface area contributed by atoms with Crippen LogP contribution in [0.15, 0.2) is 24.3 Å². The summed E-state index contributed by atoms with van der Waals surface area (Å²) >= 11 is 0. The van der Waals surface area contributed by atoms with Gasteiger partial charge >= 0.3 is 0 Å². The molecule has 0 saturated carbocycles. The Hall–Kier alpha value is -1.53. The highest BCUT2D eigenvalue weighted by Gasteiger charge is 2.01. The minimum Gasteiger partial charge on any atom is -0.497 e. The molecule has 1 aromatic rings. The van der Waals surface area contributed by atoms with E-state index in [9.17, 15) is 0 Å².